The van der Waals surface area contributed by atoms with Crippen LogP contribution in [0.3, 0.4) is 0 Å². The number of carbonyl (C=O) groups is 1. The number of piperidine rings is 1. The van der Waals surface area contributed by atoms with E-state index < -0.39 is 5.37 Å². The van der Waals surface area contributed by atoms with Crippen molar-refractivity contribution >= 4 is 17.0 Å². The second kappa shape index (κ2) is 5.56. The van der Waals surface area contributed by atoms with Crippen LogP contribution >= 0.6 is 11.6 Å². The van der Waals surface area contributed by atoms with Crippen LogP contribution in [0.4, 0.5) is 4.79 Å². The Bertz CT molecular complexity index is 342. The van der Waals surface area contributed by atoms with Gasteiger partial charge in [0.05, 0.1) is 0 Å². The maximum absolute atomic E-state index is 11.0. The van der Waals surface area contributed by atoms with Crippen LogP contribution in [-0.4, -0.2) is 23.4 Å². The van der Waals surface area contributed by atoms with Crippen LogP contribution in [0.15, 0.2) is 48.6 Å². The highest BCUT2D eigenvalue weighted by Crippen LogP contribution is 2.23. The van der Waals surface area contributed by atoms with Crippen molar-refractivity contribution in [2.45, 2.75) is 6.42 Å². The lowest BCUT2D eigenvalue weighted by atomic mass is 9.97. The Hall–Kier alpha value is -1.28. The number of hydrogen-bond donors (Lipinski definition) is 0. The minimum Gasteiger partial charge on any atom is -0.325 e. The molecule has 0 bridgehead atoms. The number of rotatable bonds is 2. The number of nitrogens with zero attached hydrogens (tertiary/aromatic N) is 1. The molecule has 1 fully saturated rings. The zero-order valence-electron chi connectivity index (χ0n) is 8.58. The van der Waals surface area contributed by atoms with Crippen molar-refractivity contribution in [1.29, 1.82) is 0 Å². The molecule has 1 rings (SSSR count). The number of hydrogen-bond acceptors (Lipinski definition) is 1. The monoisotopic (exact) mass is 223 g/mol. The maximum atomic E-state index is 11.0. The molecule has 0 spiro atoms. The quantitative estimate of drug-likeness (QED) is 0.520. The number of allylic oxidation sites excluding steroid dienone is 4. The van der Waals surface area contributed by atoms with Gasteiger partial charge in [-0.25, -0.2) is 0 Å². The molecule has 3 heteroatoms. The van der Waals surface area contributed by atoms with Gasteiger partial charge in [0.25, 0.3) is 0 Å². The standard InChI is InChI=1S/C12H14ClNO/c1-3-5-10-7-8-14(12(13)15)9-11(10)6-4-2/h3-6H,1-2,7-9H2/b10-5-,11-6-. The molecule has 0 aromatic carbocycles. The van der Waals surface area contributed by atoms with Gasteiger partial charge in [0, 0.05) is 13.1 Å². The normalized spacial score (nSPS) is 21.8. The first-order valence-corrected chi connectivity index (χ1v) is 5.14. The first-order valence-electron chi connectivity index (χ1n) is 4.77. The van der Waals surface area contributed by atoms with E-state index in [1.165, 1.54) is 5.57 Å². The number of halogens is 1. The van der Waals surface area contributed by atoms with E-state index in [4.69, 9.17) is 11.6 Å². The van der Waals surface area contributed by atoms with Crippen LogP contribution < -0.4 is 0 Å². The number of carbonyl (C=O) groups excluding carboxylic acids is 1. The van der Waals surface area contributed by atoms with E-state index in [2.05, 4.69) is 13.2 Å². The molecule has 0 aromatic rings. The highest BCUT2D eigenvalue weighted by molar-refractivity contribution is 6.62. The Morgan fingerprint density at radius 1 is 1.27 bits per heavy atom. The van der Waals surface area contributed by atoms with E-state index >= 15 is 0 Å². The molecule has 0 saturated carbocycles. The fraction of sp³-hybridized carbons (Fsp3) is 0.250. The van der Waals surface area contributed by atoms with Gasteiger partial charge < -0.3 is 4.90 Å². The molecule has 1 saturated heterocycles. The summed E-state index contributed by atoms with van der Waals surface area (Å²) in [4.78, 5) is 12.6. The lowest BCUT2D eigenvalue weighted by Crippen LogP contribution is -2.34. The summed E-state index contributed by atoms with van der Waals surface area (Å²) in [6, 6.07) is 0. The Labute approximate surface area is 95.2 Å². The average Bonchev–Trinajstić information content (AvgIpc) is 2.21. The predicted octanol–water partition coefficient (Wildman–Crippen LogP) is 3.28. The smallest absolute Gasteiger partial charge is 0.316 e. The average molecular weight is 224 g/mol. The molecule has 15 heavy (non-hydrogen) atoms. The molecule has 0 unspecified atom stereocenters. The van der Waals surface area contributed by atoms with Gasteiger partial charge in [-0.05, 0) is 29.2 Å². The first-order chi connectivity index (χ1) is 7.19. The SMILES string of the molecule is C=C/C=C1/CCN(C(=O)Cl)C/C1=C/C=C. The van der Waals surface area contributed by atoms with E-state index in [1.807, 2.05) is 12.2 Å². The van der Waals surface area contributed by atoms with E-state index in [9.17, 15) is 4.79 Å². The topological polar surface area (TPSA) is 20.3 Å². The van der Waals surface area contributed by atoms with E-state index in [1.54, 1.807) is 17.1 Å². The summed E-state index contributed by atoms with van der Waals surface area (Å²) in [5.74, 6) is 0. The molecular weight excluding hydrogens is 210 g/mol. The lowest BCUT2D eigenvalue weighted by molar-refractivity contribution is 0.224. The van der Waals surface area contributed by atoms with Crippen LogP contribution in [0.25, 0.3) is 0 Å². The minimum absolute atomic E-state index is 0.400. The van der Waals surface area contributed by atoms with Crippen LogP contribution in [0, 0.1) is 0 Å². The van der Waals surface area contributed by atoms with Crippen molar-refractivity contribution in [3.05, 3.63) is 48.6 Å². The van der Waals surface area contributed by atoms with Crippen LogP contribution in [0.1, 0.15) is 6.42 Å². The summed E-state index contributed by atoms with van der Waals surface area (Å²) in [6.45, 7) is 8.53. The highest BCUT2D eigenvalue weighted by atomic mass is 35.5. The molecule has 1 amide bonds. The molecule has 0 aliphatic carbocycles. The zero-order chi connectivity index (χ0) is 11.3. The minimum atomic E-state index is -0.400. The van der Waals surface area contributed by atoms with Gasteiger partial charge in [-0.15, -0.1) is 0 Å². The summed E-state index contributed by atoms with van der Waals surface area (Å²) in [5.41, 5.74) is 2.27. The van der Waals surface area contributed by atoms with Crippen LogP contribution in [0.2, 0.25) is 0 Å². The maximum Gasteiger partial charge on any atom is 0.316 e. The Balaban J connectivity index is 2.87. The number of likely N-dealkylation sites (tertiary alicyclic amines) is 1. The second-order valence-corrected chi connectivity index (χ2v) is 3.60. The Morgan fingerprint density at radius 3 is 2.40 bits per heavy atom. The van der Waals surface area contributed by atoms with E-state index in [0.29, 0.717) is 13.1 Å². The first kappa shape index (κ1) is 11.8. The summed E-state index contributed by atoms with van der Waals surface area (Å²) in [6.07, 6.45) is 8.15. The molecule has 0 N–H and O–H groups in total. The van der Waals surface area contributed by atoms with Gasteiger partial charge in [0.15, 0.2) is 0 Å². The van der Waals surface area contributed by atoms with Gasteiger partial charge in [-0.1, -0.05) is 37.5 Å². The zero-order valence-corrected chi connectivity index (χ0v) is 9.33. The molecule has 1 heterocycles. The summed E-state index contributed by atoms with van der Waals surface area (Å²) in [5, 5.41) is -0.400. The number of amides is 1. The van der Waals surface area contributed by atoms with Crippen molar-refractivity contribution in [1.82, 2.24) is 4.90 Å². The molecule has 80 valence electrons. The van der Waals surface area contributed by atoms with Crippen LogP contribution in [0.5, 0.6) is 0 Å². The van der Waals surface area contributed by atoms with Gasteiger partial charge >= 0.3 is 5.37 Å². The molecule has 1 aliphatic rings. The van der Waals surface area contributed by atoms with Gasteiger partial charge in [0.1, 0.15) is 0 Å². The molecule has 1 aliphatic heterocycles. The Kier molecular flexibility index (Phi) is 4.37. The van der Waals surface area contributed by atoms with Crippen molar-refractivity contribution < 1.29 is 4.79 Å². The fourth-order valence-electron chi connectivity index (χ4n) is 1.59. The fourth-order valence-corrected chi connectivity index (χ4v) is 1.73. The summed E-state index contributed by atoms with van der Waals surface area (Å²) >= 11 is 5.44. The van der Waals surface area contributed by atoms with Crippen molar-refractivity contribution in [3.63, 3.8) is 0 Å². The summed E-state index contributed by atoms with van der Waals surface area (Å²) < 4.78 is 0. The van der Waals surface area contributed by atoms with Crippen molar-refractivity contribution in [2.75, 3.05) is 13.1 Å². The summed E-state index contributed by atoms with van der Waals surface area (Å²) in [7, 11) is 0. The Morgan fingerprint density at radius 2 is 1.87 bits per heavy atom. The van der Waals surface area contributed by atoms with Gasteiger partial charge in [-0.2, -0.15) is 0 Å². The third kappa shape index (κ3) is 3.10. The molecule has 2 nitrogen and oxygen atoms in total. The van der Waals surface area contributed by atoms with E-state index in [-0.39, 0.29) is 0 Å². The third-order valence-corrected chi connectivity index (χ3v) is 2.55. The predicted molar refractivity (Wildman–Crippen MR) is 64.0 cm³/mol. The lowest BCUT2D eigenvalue weighted by Gasteiger charge is -2.28. The van der Waals surface area contributed by atoms with Crippen molar-refractivity contribution in [3.8, 4) is 0 Å². The van der Waals surface area contributed by atoms with Crippen LogP contribution in [-0.2, 0) is 0 Å². The van der Waals surface area contributed by atoms with Crippen molar-refractivity contribution in [2.24, 2.45) is 0 Å². The van der Waals surface area contributed by atoms with Gasteiger partial charge in [0.2, 0.25) is 0 Å². The molecular formula is C12H14ClNO. The largest absolute Gasteiger partial charge is 0.325 e. The molecule has 0 aromatic heterocycles. The molecule has 0 atom stereocenters. The van der Waals surface area contributed by atoms with E-state index in [0.717, 1.165) is 12.0 Å². The second-order valence-electron chi connectivity index (χ2n) is 3.28. The third-order valence-electron chi connectivity index (χ3n) is 2.31. The molecule has 0 radical (unpaired) electrons. The van der Waals surface area contributed by atoms with Gasteiger partial charge in [-0.3, -0.25) is 4.79 Å². The highest BCUT2D eigenvalue weighted by Gasteiger charge is 2.20.